The van der Waals surface area contributed by atoms with Crippen LogP contribution in [0.2, 0.25) is 5.02 Å². The van der Waals surface area contributed by atoms with Crippen LogP contribution in [0.1, 0.15) is 31.1 Å². The topological polar surface area (TPSA) is 47.6 Å². The molecule has 0 saturated heterocycles. The maximum absolute atomic E-state index is 14.3. The molecule has 0 fully saturated rings. The first-order chi connectivity index (χ1) is 16.0. The second kappa shape index (κ2) is 10.4. The summed E-state index contributed by atoms with van der Waals surface area (Å²) in [5, 5.41) is 7.32. The molecule has 0 unspecified atom stereocenters. The van der Waals surface area contributed by atoms with Gasteiger partial charge in [-0.1, -0.05) is 23.7 Å². The summed E-state index contributed by atoms with van der Waals surface area (Å²) < 4.78 is 14.3. The Bertz CT molecular complexity index is 1190. The van der Waals surface area contributed by atoms with Gasteiger partial charge < -0.3 is 20.4 Å². The third-order valence-electron chi connectivity index (χ3n) is 5.05. The van der Waals surface area contributed by atoms with Crippen molar-refractivity contribution in [3.8, 4) is 0 Å². The van der Waals surface area contributed by atoms with Gasteiger partial charge in [0.15, 0.2) is 5.11 Å². The highest BCUT2D eigenvalue weighted by atomic mass is 35.5. The lowest BCUT2D eigenvalue weighted by Gasteiger charge is -2.36. The Hall–Kier alpha value is -3.16. The molecule has 0 bridgehead atoms. The number of carbonyl (C=O) groups excluding carboxylic acids is 1. The predicted octanol–water partition coefficient (Wildman–Crippen LogP) is 6.80. The number of amides is 1. The van der Waals surface area contributed by atoms with Crippen LogP contribution >= 0.6 is 23.8 Å². The van der Waals surface area contributed by atoms with Gasteiger partial charge in [0.1, 0.15) is 5.82 Å². The minimum atomic E-state index is -0.569. The summed E-state index contributed by atoms with van der Waals surface area (Å²) in [6, 6.07) is 18.8. The first kappa shape index (κ1) is 25.5. The van der Waals surface area contributed by atoms with E-state index >= 15 is 0 Å². The molecular weight excluding hydrogens is 471 g/mol. The van der Waals surface area contributed by atoms with Crippen molar-refractivity contribution < 1.29 is 9.18 Å². The molecule has 3 rings (SSSR count). The molecule has 0 heterocycles. The molecular formula is C26H28ClFN4OS. The van der Waals surface area contributed by atoms with E-state index in [0.717, 1.165) is 17.1 Å². The van der Waals surface area contributed by atoms with Crippen LogP contribution < -0.4 is 20.4 Å². The highest BCUT2D eigenvalue weighted by Crippen LogP contribution is 2.30. The average molecular weight is 499 g/mol. The Balaban J connectivity index is 1.79. The number of benzene rings is 3. The molecule has 0 radical (unpaired) electrons. The predicted molar refractivity (Wildman–Crippen MR) is 145 cm³/mol. The maximum atomic E-state index is 14.3. The van der Waals surface area contributed by atoms with E-state index in [1.54, 1.807) is 29.2 Å². The summed E-state index contributed by atoms with van der Waals surface area (Å²) in [5.41, 5.74) is 2.57. The zero-order valence-corrected chi connectivity index (χ0v) is 21.4. The molecule has 0 aliphatic heterocycles. The first-order valence-electron chi connectivity index (χ1n) is 10.7. The van der Waals surface area contributed by atoms with Crippen molar-refractivity contribution in [3.05, 3.63) is 83.1 Å². The fraction of sp³-hybridized carbons (Fsp3) is 0.231. The van der Waals surface area contributed by atoms with E-state index in [9.17, 15) is 9.18 Å². The minimum Gasteiger partial charge on any atom is -0.376 e. The van der Waals surface area contributed by atoms with Crippen LogP contribution in [0.4, 0.5) is 27.1 Å². The normalized spacial score (nSPS) is 11.0. The number of rotatable bonds is 5. The number of anilines is 4. The van der Waals surface area contributed by atoms with Crippen LogP contribution in [0.5, 0.6) is 0 Å². The SMILES string of the molecule is CN(C)c1ccc(Cl)cc1NC(=S)Nc1ccc(N(C(=O)c2ccccc2F)C(C)(C)C)cc1. The van der Waals surface area contributed by atoms with Crippen molar-refractivity contribution >= 4 is 57.6 Å². The average Bonchev–Trinajstić information content (AvgIpc) is 2.74. The summed E-state index contributed by atoms with van der Waals surface area (Å²) in [6.45, 7) is 5.72. The lowest BCUT2D eigenvalue weighted by molar-refractivity contribution is 0.0962. The molecule has 0 atom stereocenters. The number of carbonyl (C=O) groups is 1. The molecule has 0 aromatic heterocycles. The molecule has 178 valence electrons. The number of halogens is 2. The Labute approximate surface area is 210 Å². The van der Waals surface area contributed by atoms with E-state index in [0.29, 0.717) is 15.8 Å². The van der Waals surface area contributed by atoms with Crippen LogP contribution in [-0.4, -0.2) is 30.7 Å². The van der Waals surface area contributed by atoms with Crippen molar-refractivity contribution in [2.45, 2.75) is 26.3 Å². The van der Waals surface area contributed by atoms with E-state index < -0.39 is 17.3 Å². The summed E-state index contributed by atoms with van der Waals surface area (Å²) in [7, 11) is 3.88. The van der Waals surface area contributed by atoms with Gasteiger partial charge in [-0.3, -0.25) is 4.79 Å². The van der Waals surface area contributed by atoms with E-state index in [2.05, 4.69) is 10.6 Å². The zero-order chi connectivity index (χ0) is 25.0. The second-order valence-electron chi connectivity index (χ2n) is 8.97. The van der Waals surface area contributed by atoms with Gasteiger partial charge in [-0.15, -0.1) is 0 Å². The van der Waals surface area contributed by atoms with Crippen molar-refractivity contribution in [1.82, 2.24) is 0 Å². The molecule has 34 heavy (non-hydrogen) atoms. The van der Waals surface area contributed by atoms with Gasteiger partial charge in [-0.25, -0.2) is 4.39 Å². The van der Waals surface area contributed by atoms with Gasteiger partial charge in [0, 0.05) is 36.0 Å². The van der Waals surface area contributed by atoms with Crippen LogP contribution in [0.15, 0.2) is 66.7 Å². The summed E-state index contributed by atoms with van der Waals surface area (Å²) in [4.78, 5) is 16.8. The molecule has 0 aliphatic rings. The quantitative estimate of drug-likeness (QED) is 0.379. The smallest absolute Gasteiger partial charge is 0.261 e. The standard InChI is InChI=1S/C26H28ClFN4OS/c1-26(2,3)32(24(33)20-8-6-7-9-21(20)28)19-13-11-18(12-14-19)29-25(34)30-22-16-17(27)10-15-23(22)31(4)5/h6-16H,1-5H3,(H2,29,30,34). The number of hydrogen-bond acceptors (Lipinski definition) is 3. The van der Waals surface area contributed by atoms with Gasteiger partial charge in [0.05, 0.1) is 16.9 Å². The van der Waals surface area contributed by atoms with Gasteiger partial charge >= 0.3 is 0 Å². The van der Waals surface area contributed by atoms with E-state index in [4.69, 9.17) is 23.8 Å². The number of thiocarbonyl (C=S) groups is 1. The van der Waals surface area contributed by atoms with E-state index in [1.165, 1.54) is 12.1 Å². The van der Waals surface area contributed by atoms with E-state index in [-0.39, 0.29) is 5.56 Å². The van der Waals surface area contributed by atoms with Gasteiger partial charge in [0.2, 0.25) is 0 Å². The molecule has 8 heteroatoms. The highest BCUT2D eigenvalue weighted by Gasteiger charge is 2.30. The fourth-order valence-electron chi connectivity index (χ4n) is 3.54. The lowest BCUT2D eigenvalue weighted by atomic mass is 10.0. The van der Waals surface area contributed by atoms with Crippen LogP contribution in [0, 0.1) is 5.82 Å². The summed E-state index contributed by atoms with van der Waals surface area (Å²) in [5.74, 6) is -0.949. The van der Waals surface area contributed by atoms with Crippen LogP contribution in [0.3, 0.4) is 0 Å². The second-order valence-corrected chi connectivity index (χ2v) is 9.82. The molecule has 0 aliphatic carbocycles. The first-order valence-corrected chi connectivity index (χ1v) is 11.5. The third-order valence-corrected chi connectivity index (χ3v) is 5.49. The van der Waals surface area contributed by atoms with Crippen molar-refractivity contribution in [2.24, 2.45) is 0 Å². The largest absolute Gasteiger partial charge is 0.376 e. The molecule has 3 aromatic carbocycles. The Kier molecular flexibility index (Phi) is 7.79. The van der Waals surface area contributed by atoms with Gasteiger partial charge in [-0.2, -0.15) is 0 Å². The molecule has 1 amide bonds. The Morgan fingerprint density at radius 3 is 2.21 bits per heavy atom. The summed E-state index contributed by atoms with van der Waals surface area (Å²) >= 11 is 11.6. The fourth-order valence-corrected chi connectivity index (χ4v) is 3.94. The lowest BCUT2D eigenvalue weighted by Crippen LogP contribution is -2.46. The van der Waals surface area contributed by atoms with Gasteiger partial charge in [-0.05, 0) is 87.6 Å². The van der Waals surface area contributed by atoms with E-state index in [1.807, 2.05) is 70.1 Å². The number of nitrogens with one attached hydrogen (secondary N) is 2. The van der Waals surface area contributed by atoms with Crippen LogP contribution in [0.25, 0.3) is 0 Å². The maximum Gasteiger partial charge on any atom is 0.261 e. The van der Waals surface area contributed by atoms with Gasteiger partial charge in [0.25, 0.3) is 5.91 Å². The molecule has 5 nitrogen and oxygen atoms in total. The number of nitrogens with zero attached hydrogens (tertiary/aromatic N) is 2. The monoisotopic (exact) mass is 498 g/mol. The molecule has 3 aromatic rings. The Morgan fingerprint density at radius 2 is 1.62 bits per heavy atom. The van der Waals surface area contributed by atoms with Crippen molar-refractivity contribution in [3.63, 3.8) is 0 Å². The molecule has 0 spiro atoms. The highest BCUT2D eigenvalue weighted by molar-refractivity contribution is 7.80. The molecule has 0 saturated carbocycles. The summed E-state index contributed by atoms with van der Waals surface area (Å²) in [6.07, 6.45) is 0. The zero-order valence-electron chi connectivity index (χ0n) is 19.8. The number of hydrogen-bond donors (Lipinski definition) is 2. The van der Waals surface area contributed by atoms with Crippen LogP contribution in [-0.2, 0) is 0 Å². The third kappa shape index (κ3) is 6.04. The van der Waals surface area contributed by atoms with Crippen molar-refractivity contribution in [1.29, 1.82) is 0 Å². The van der Waals surface area contributed by atoms with Crippen molar-refractivity contribution in [2.75, 3.05) is 34.5 Å². The minimum absolute atomic E-state index is 0.0308. The molecule has 2 N–H and O–H groups in total. The Morgan fingerprint density at radius 1 is 0.971 bits per heavy atom.